The van der Waals surface area contributed by atoms with E-state index in [-0.39, 0.29) is 60.4 Å². The minimum absolute atomic E-state index is 0.0535. The van der Waals surface area contributed by atoms with Crippen LogP contribution in [0.25, 0.3) is 0 Å². The normalized spacial score (nSPS) is 18.0. The Morgan fingerprint density at radius 3 is 2.29 bits per heavy atom. The molecule has 4 N–H and O–H groups in total. The first-order chi connectivity index (χ1) is 19.2. The molecule has 0 aliphatic carbocycles. The summed E-state index contributed by atoms with van der Waals surface area (Å²) >= 11 is 0. The Morgan fingerprint density at radius 2 is 1.71 bits per heavy atom. The Balaban J connectivity index is 1.84. The molecule has 2 aromatic carbocycles. The van der Waals surface area contributed by atoms with E-state index in [0.29, 0.717) is 0 Å². The Kier molecular flexibility index (Phi) is 10.1. The van der Waals surface area contributed by atoms with E-state index >= 15 is 0 Å². The summed E-state index contributed by atoms with van der Waals surface area (Å²) in [6.45, 7) is 7.52. The van der Waals surface area contributed by atoms with Gasteiger partial charge in [-0.05, 0) is 63.2 Å². The summed E-state index contributed by atoms with van der Waals surface area (Å²) in [5.74, 6) is -0.375. The molecule has 0 bridgehead atoms. The largest absolute Gasteiger partial charge is 0.487 e. The second-order valence-electron chi connectivity index (χ2n) is 10.5. The topological polar surface area (TPSA) is 123 Å². The molecule has 1 aliphatic heterocycles. The summed E-state index contributed by atoms with van der Waals surface area (Å²) in [6, 6.07) is 6.90. The van der Waals surface area contributed by atoms with Crippen molar-refractivity contribution in [3.05, 3.63) is 53.6 Å². The fourth-order valence-electron chi connectivity index (χ4n) is 4.26. The van der Waals surface area contributed by atoms with Crippen LogP contribution in [0.2, 0.25) is 0 Å². The minimum Gasteiger partial charge on any atom is -0.487 e. The molecule has 3 rings (SSSR count). The summed E-state index contributed by atoms with van der Waals surface area (Å²) in [6.07, 6.45) is -5.00. The molecule has 0 saturated heterocycles. The second kappa shape index (κ2) is 13.1. The lowest BCUT2D eigenvalue weighted by atomic mass is 9.99. The summed E-state index contributed by atoms with van der Waals surface area (Å²) in [5.41, 5.74) is -0.319. The van der Waals surface area contributed by atoms with Gasteiger partial charge in [-0.3, -0.25) is 4.79 Å². The number of urea groups is 2. The van der Waals surface area contributed by atoms with Crippen molar-refractivity contribution < 1.29 is 37.4 Å². The number of fused-ring (bicyclic) bond motifs is 1. The Morgan fingerprint density at radius 1 is 1.10 bits per heavy atom. The Labute approximate surface area is 236 Å². The zero-order valence-corrected chi connectivity index (χ0v) is 23.6. The lowest BCUT2D eigenvalue weighted by Crippen LogP contribution is -2.51. The van der Waals surface area contributed by atoms with Crippen molar-refractivity contribution in [2.24, 2.45) is 5.92 Å². The summed E-state index contributed by atoms with van der Waals surface area (Å²) in [4.78, 5) is 41.7. The molecule has 1 aliphatic rings. The van der Waals surface area contributed by atoms with Crippen molar-refractivity contribution in [2.45, 2.75) is 52.1 Å². The number of ether oxygens (including phenoxy) is 1. The van der Waals surface area contributed by atoms with Gasteiger partial charge in [0.2, 0.25) is 0 Å². The van der Waals surface area contributed by atoms with Crippen molar-refractivity contribution in [1.82, 2.24) is 15.1 Å². The molecule has 0 spiro atoms. The molecule has 10 nitrogen and oxygen atoms in total. The van der Waals surface area contributed by atoms with Crippen LogP contribution < -0.4 is 20.7 Å². The predicted octanol–water partition coefficient (Wildman–Crippen LogP) is 4.62. The van der Waals surface area contributed by atoms with Crippen LogP contribution in [-0.2, 0) is 6.18 Å². The van der Waals surface area contributed by atoms with Crippen LogP contribution in [0.4, 0.5) is 34.1 Å². The van der Waals surface area contributed by atoms with Gasteiger partial charge in [0.05, 0.1) is 30.3 Å². The van der Waals surface area contributed by atoms with Crippen LogP contribution in [0.15, 0.2) is 42.5 Å². The van der Waals surface area contributed by atoms with E-state index in [4.69, 9.17) is 4.74 Å². The molecule has 0 aromatic heterocycles. The highest BCUT2D eigenvalue weighted by Crippen LogP contribution is 2.32. The zero-order chi connectivity index (χ0) is 30.5. The average Bonchev–Trinajstić information content (AvgIpc) is 2.89. The molecule has 3 atom stereocenters. The molecule has 5 amide bonds. The van der Waals surface area contributed by atoms with Crippen LogP contribution in [0.5, 0.6) is 5.75 Å². The maximum atomic E-state index is 13.6. The number of aliphatic hydroxyl groups excluding tert-OH is 1. The third-order valence-corrected chi connectivity index (χ3v) is 6.61. The van der Waals surface area contributed by atoms with Crippen molar-refractivity contribution >= 4 is 29.3 Å². The van der Waals surface area contributed by atoms with Crippen molar-refractivity contribution in [3.63, 3.8) is 0 Å². The van der Waals surface area contributed by atoms with Crippen molar-refractivity contribution in [3.8, 4) is 5.75 Å². The third kappa shape index (κ3) is 8.26. The summed E-state index contributed by atoms with van der Waals surface area (Å²) in [5, 5.41) is 17.7. The number of amides is 5. The lowest BCUT2D eigenvalue weighted by Gasteiger charge is -2.38. The Hall–Kier alpha value is -4.00. The first kappa shape index (κ1) is 31.5. The molecule has 2 aromatic rings. The van der Waals surface area contributed by atoms with Gasteiger partial charge >= 0.3 is 18.2 Å². The summed E-state index contributed by atoms with van der Waals surface area (Å²) < 4.78 is 44.7. The zero-order valence-electron chi connectivity index (χ0n) is 23.6. The van der Waals surface area contributed by atoms with Gasteiger partial charge in [-0.2, -0.15) is 13.2 Å². The van der Waals surface area contributed by atoms with E-state index in [0.717, 1.165) is 24.3 Å². The molecule has 0 fully saturated rings. The van der Waals surface area contributed by atoms with E-state index in [9.17, 15) is 32.7 Å². The maximum absolute atomic E-state index is 13.6. The third-order valence-electron chi connectivity index (χ3n) is 6.61. The molecule has 1 heterocycles. The SMILES string of the molecule is CC(C)NC(=O)N(C)C[C@H]1Oc2ccc(NC(=O)Nc3ccc(C(F)(F)F)cc3)cc2C(=O)N([C@H](C)CO)C[C@@H]1C. The van der Waals surface area contributed by atoms with Gasteiger partial charge in [-0.15, -0.1) is 0 Å². The first-order valence-corrected chi connectivity index (χ1v) is 13.2. The smallest absolute Gasteiger partial charge is 0.416 e. The van der Waals surface area contributed by atoms with E-state index in [1.165, 1.54) is 28.0 Å². The Bertz CT molecular complexity index is 1240. The van der Waals surface area contributed by atoms with Crippen molar-refractivity contribution in [2.75, 3.05) is 37.4 Å². The predicted molar refractivity (Wildman–Crippen MR) is 148 cm³/mol. The van der Waals surface area contributed by atoms with Crippen LogP contribution in [0.1, 0.15) is 43.6 Å². The molecule has 0 unspecified atom stereocenters. The molecule has 224 valence electrons. The standard InChI is InChI=1S/C28H36F3N5O5/c1-16(2)32-27(40)35(5)14-24-17(3)13-36(18(4)15-37)25(38)22-12-21(10-11-23(22)41-24)34-26(39)33-20-8-6-19(7-9-20)28(29,30)31/h6-12,16-18,24,37H,13-15H2,1-5H3,(H,32,40)(H2,33,34,39)/t17-,18+,24+/m0/s1. The molecule has 41 heavy (non-hydrogen) atoms. The minimum atomic E-state index is -4.50. The lowest BCUT2D eigenvalue weighted by molar-refractivity contribution is -0.137. The molecular formula is C28H36F3N5O5. The van der Waals surface area contributed by atoms with E-state index in [2.05, 4.69) is 16.0 Å². The highest BCUT2D eigenvalue weighted by atomic mass is 19.4. The maximum Gasteiger partial charge on any atom is 0.416 e. The molecule has 13 heteroatoms. The number of anilines is 2. The van der Waals surface area contributed by atoms with Gasteiger partial charge in [0.15, 0.2) is 0 Å². The van der Waals surface area contributed by atoms with Crippen molar-refractivity contribution in [1.29, 1.82) is 0 Å². The van der Waals surface area contributed by atoms with Crippen LogP contribution in [-0.4, -0.2) is 77.8 Å². The van der Waals surface area contributed by atoms with Gasteiger partial charge in [0.1, 0.15) is 11.9 Å². The fourth-order valence-corrected chi connectivity index (χ4v) is 4.26. The number of halogens is 3. The van der Waals surface area contributed by atoms with Gasteiger partial charge < -0.3 is 35.6 Å². The number of carbonyl (C=O) groups excluding carboxylic acids is 3. The number of likely N-dealkylation sites (N-methyl/N-ethyl adjacent to an activating group) is 1. The number of aliphatic hydroxyl groups is 1. The highest BCUT2D eigenvalue weighted by Gasteiger charge is 2.34. The number of carbonyl (C=O) groups is 3. The van der Waals surface area contributed by atoms with Crippen LogP contribution in [0, 0.1) is 5.92 Å². The molecular weight excluding hydrogens is 543 g/mol. The quantitative estimate of drug-likeness (QED) is 0.381. The summed E-state index contributed by atoms with van der Waals surface area (Å²) in [7, 11) is 1.65. The fraction of sp³-hybridized carbons (Fsp3) is 0.464. The highest BCUT2D eigenvalue weighted by molar-refractivity contribution is 6.02. The van der Waals surface area contributed by atoms with E-state index < -0.39 is 35.8 Å². The van der Waals surface area contributed by atoms with Gasteiger partial charge in [0.25, 0.3) is 5.91 Å². The van der Waals surface area contributed by atoms with Crippen LogP contribution >= 0.6 is 0 Å². The van der Waals surface area contributed by atoms with Gasteiger partial charge in [0, 0.05) is 36.9 Å². The van der Waals surface area contributed by atoms with E-state index in [1.54, 1.807) is 14.0 Å². The number of nitrogens with one attached hydrogen (secondary N) is 3. The first-order valence-electron chi connectivity index (χ1n) is 13.2. The molecule has 0 saturated carbocycles. The van der Waals surface area contributed by atoms with E-state index in [1.807, 2.05) is 20.8 Å². The molecule has 0 radical (unpaired) electrons. The monoisotopic (exact) mass is 579 g/mol. The van der Waals surface area contributed by atoms with Gasteiger partial charge in [-0.25, -0.2) is 9.59 Å². The second-order valence-corrected chi connectivity index (χ2v) is 10.5. The average molecular weight is 580 g/mol. The van der Waals surface area contributed by atoms with Gasteiger partial charge in [-0.1, -0.05) is 6.92 Å². The number of nitrogens with zero attached hydrogens (tertiary/aromatic N) is 2. The number of hydrogen-bond acceptors (Lipinski definition) is 5. The number of benzene rings is 2. The number of alkyl halides is 3. The van der Waals surface area contributed by atoms with Crippen LogP contribution in [0.3, 0.4) is 0 Å². The number of hydrogen-bond donors (Lipinski definition) is 4. The number of rotatable bonds is 7.